The number of esters is 1. The van der Waals surface area contributed by atoms with Crippen molar-refractivity contribution in [3.05, 3.63) is 29.3 Å². The third kappa shape index (κ3) is 5.22. The molecular weight excluding hydrogens is 370 g/mol. The minimum Gasteiger partial charge on any atom is -0.496 e. The molecule has 0 spiro atoms. The summed E-state index contributed by atoms with van der Waals surface area (Å²) in [5.74, 6) is -0.385. The van der Waals surface area contributed by atoms with E-state index in [-0.39, 0.29) is 29.5 Å². The molecule has 0 bridgehead atoms. The van der Waals surface area contributed by atoms with Crippen molar-refractivity contribution in [3.63, 3.8) is 0 Å². The highest BCUT2D eigenvalue weighted by Gasteiger charge is 2.36. The summed E-state index contributed by atoms with van der Waals surface area (Å²) in [6.07, 6.45) is 1.10. The summed E-state index contributed by atoms with van der Waals surface area (Å²) in [4.78, 5) is 26.5. The summed E-state index contributed by atoms with van der Waals surface area (Å²) in [7, 11) is -1.60. The van der Waals surface area contributed by atoms with Gasteiger partial charge in [0, 0.05) is 12.1 Å². The van der Waals surface area contributed by atoms with Gasteiger partial charge in [-0.15, -0.1) is 0 Å². The topological polar surface area (TPSA) is 90.0 Å². The van der Waals surface area contributed by atoms with Crippen LogP contribution in [0.2, 0.25) is 0 Å². The van der Waals surface area contributed by atoms with Crippen LogP contribution in [0.4, 0.5) is 0 Å². The maximum Gasteiger partial charge on any atom is 0.338 e. The van der Waals surface area contributed by atoms with Crippen LogP contribution in [-0.2, 0) is 19.4 Å². The third-order valence-corrected chi connectivity index (χ3v) is 6.68. The maximum absolute atomic E-state index is 12.7. The van der Waals surface area contributed by atoms with Gasteiger partial charge in [0.15, 0.2) is 16.4 Å². The Bertz CT molecular complexity index is 804. The van der Waals surface area contributed by atoms with Crippen LogP contribution in [0.25, 0.3) is 0 Å². The van der Waals surface area contributed by atoms with Crippen molar-refractivity contribution >= 4 is 21.7 Å². The Kier molecular flexibility index (Phi) is 6.86. The summed E-state index contributed by atoms with van der Waals surface area (Å²) in [5, 5.41) is 0. The van der Waals surface area contributed by atoms with Crippen LogP contribution in [0, 0.1) is 6.92 Å². The van der Waals surface area contributed by atoms with Gasteiger partial charge in [0.2, 0.25) is 0 Å². The number of carbonyl (C=O) groups is 2. The normalized spacial score (nSPS) is 19.3. The molecule has 7 nitrogen and oxygen atoms in total. The average molecular weight is 397 g/mol. The Hall–Kier alpha value is -2.09. The van der Waals surface area contributed by atoms with E-state index in [1.165, 1.54) is 7.11 Å². The molecule has 8 heteroatoms. The van der Waals surface area contributed by atoms with Gasteiger partial charge >= 0.3 is 5.97 Å². The molecule has 0 saturated carbocycles. The molecule has 1 aromatic carbocycles. The highest BCUT2D eigenvalue weighted by Crippen LogP contribution is 2.22. The quantitative estimate of drug-likeness (QED) is 0.654. The summed E-state index contributed by atoms with van der Waals surface area (Å²) >= 11 is 0. The molecule has 1 aliphatic heterocycles. The number of amides is 1. The highest BCUT2D eigenvalue weighted by molar-refractivity contribution is 7.91. The molecule has 2 rings (SSSR count). The molecule has 0 aliphatic carbocycles. The Morgan fingerprint density at radius 2 is 2.04 bits per heavy atom. The molecule has 1 aromatic rings. The van der Waals surface area contributed by atoms with Gasteiger partial charge in [-0.3, -0.25) is 4.79 Å². The van der Waals surface area contributed by atoms with Gasteiger partial charge in [0.1, 0.15) is 5.75 Å². The maximum atomic E-state index is 12.7. The molecule has 1 saturated heterocycles. The number of sulfone groups is 1. The van der Waals surface area contributed by atoms with Gasteiger partial charge in [0.05, 0.1) is 24.2 Å². The largest absolute Gasteiger partial charge is 0.496 e. The van der Waals surface area contributed by atoms with Crippen molar-refractivity contribution in [3.8, 4) is 5.75 Å². The van der Waals surface area contributed by atoms with E-state index in [0.29, 0.717) is 24.2 Å². The van der Waals surface area contributed by atoms with Crippen molar-refractivity contribution < 1.29 is 27.5 Å². The van der Waals surface area contributed by atoms with Gasteiger partial charge in [-0.1, -0.05) is 13.0 Å². The first kappa shape index (κ1) is 21.2. The lowest BCUT2D eigenvalue weighted by Gasteiger charge is -2.33. The lowest BCUT2D eigenvalue weighted by atomic mass is 10.1. The fourth-order valence-electron chi connectivity index (χ4n) is 3.23. The predicted octanol–water partition coefficient (Wildman–Crippen LogP) is 1.97. The number of hydrogen-bond donors (Lipinski definition) is 0. The summed E-state index contributed by atoms with van der Waals surface area (Å²) in [6.45, 7) is 5.24. The number of nitrogens with zero attached hydrogens (tertiary/aromatic N) is 1. The number of carbonyl (C=O) groups excluding carboxylic acids is 2. The summed E-state index contributed by atoms with van der Waals surface area (Å²) in [5.41, 5.74) is 1.18. The van der Waals surface area contributed by atoms with Gasteiger partial charge in [-0.05, 0) is 44.4 Å². The second kappa shape index (κ2) is 8.73. The van der Waals surface area contributed by atoms with Gasteiger partial charge in [0.25, 0.3) is 5.91 Å². The van der Waals surface area contributed by atoms with Crippen molar-refractivity contribution in [1.29, 1.82) is 0 Å². The van der Waals surface area contributed by atoms with E-state index in [2.05, 4.69) is 0 Å². The van der Waals surface area contributed by atoms with Crippen LogP contribution in [0.1, 0.15) is 42.6 Å². The minimum atomic E-state index is -3.12. The summed E-state index contributed by atoms with van der Waals surface area (Å²) < 4.78 is 33.9. The molecule has 1 aliphatic rings. The molecule has 27 heavy (non-hydrogen) atoms. The predicted molar refractivity (Wildman–Crippen MR) is 102 cm³/mol. The molecule has 2 atom stereocenters. The Morgan fingerprint density at radius 1 is 1.33 bits per heavy atom. The van der Waals surface area contributed by atoms with Crippen LogP contribution in [0.3, 0.4) is 0 Å². The monoisotopic (exact) mass is 397 g/mol. The Morgan fingerprint density at radius 3 is 2.59 bits per heavy atom. The first-order valence-electron chi connectivity index (χ1n) is 9.01. The number of ether oxygens (including phenoxy) is 2. The number of rotatable bonds is 7. The molecule has 0 aromatic heterocycles. The van der Waals surface area contributed by atoms with Gasteiger partial charge in [-0.2, -0.15) is 0 Å². The van der Waals surface area contributed by atoms with E-state index in [4.69, 9.17) is 9.47 Å². The van der Waals surface area contributed by atoms with Crippen LogP contribution in [0.5, 0.6) is 5.75 Å². The van der Waals surface area contributed by atoms with E-state index >= 15 is 0 Å². The molecule has 1 fully saturated rings. The van der Waals surface area contributed by atoms with Crippen molar-refractivity contribution in [2.24, 2.45) is 0 Å². The highest BCUT2D eigenvalue weighted by atomic mass is 32.2. The zero-order valence-corrected chi connectivity index (χ0v) is 17.0. The average Bonchev–Trinajstić information content (AvgIpc) is 2.99. The molecule has 1 heterocycles. The first-order chi connectivity index (χ1) is 12.7. The van der Waals surface area contributed by atoms with Gasteiger partial charge in [-0.25, -0.2) is 13.2 Å². The molecular formula is C19H27NO6S. The van der Waals surface area contributed by atoms with E-state index in [1.54, 1.807) is 23.1 Å². The Balaban J connectivity index is 2.06. The second-order valence-corrected chi connectivity index (χ2v) is 9.10. The number of benzene rings is 1. The second-order valence-electron chi connectivity index (χ2n) is 6.88. The fraction of sp³-hybridized carbons (Fsp3) is 0.579. The van der Waals surface area contributed by atoms with Crippen LogP contribution in [0.15, 0.2) is 18.2 Å². The zero-order chi connectivity index (χ0) is 20.2. The van der Waals surface area contributed by atoms with E-state index in [1.807, 2.05) is 20.8 Å². The number of methoxy groups -OCH3 is 1. The minimum absolute atomic E-state index is 0.0355. The first-order valence-corrected chi connectivity index (χ1v) is 10.8. The number of hydrogen-bond acceptors (Lipinski definition) is 6. The summed E-state index contributed by atoms with van der Waals surface area (Å²) in [6, 6.07) is 4.43. The van der Waals surface area contributed by atoms with Crippen LogP contribution >= 0.6 is 0 Å². The zero-order valence-electron chi connectivity index (χ0n) is 16.2. The van der Waals surface area contributed by atoms with Gasteiger partial charge < -0.3 is 14.4 Å². The molecule has 1 amide bonds. The lowest BCUT2D eigenvalue weighted by molar-refractivity contribution is -0.138. The van der Waals surface area contributed by atoms with E-state index < -0.39 is 22.4 Å². The van der Waals surface area contributed by atoms with E-state index in [9.17, 15) is 18.0 Å². The fourth-order valence-corrected chi connectivity index (χ4v) is 4.94. The molecule has 0 unspecified atom stereocenters. The third-order valence-electron chi connectivity index (χ3n) is 4.93. The van der Waals surface area contributed by atoms with Crippen LogP contribution < -0.4 is 4.74 Å². The van der Waals surface area contributed by atoms with E-state index in [0.717, 1.165) is 5.56 Å². The lowest BCUT2D eigenvalue weighted by Crippen LogP contribution is -2.48. The molecule has 0 radical (unpaired) electrons. The Labute approximate surface area is 160 Å². The van der Waals surface area contributed by atoms with Crippen molar-refractivity contribution in [1.82, 2.24) is 4.90 Å². The molecule has 150 valence electrons. The SMILES string of the molecule is CC[C@H](C)N(C(=O)COC(=O)c1ccc(C)c(OC)c1)[C@@H]1CCS(=O)(=O)C1. The standard InChI is InChI=1S/C19H27NO6S/c1-5-14(3)20(16-8-9-27(23,24)12-16)18(21)11-26-19(22)15-7-6-13(2)17(10-15)25-4/h6-7,10,14,16H,5,8-9,11-12H2,1-4H3/t14-,16+/m0/s1. The number of aryl methyl sites for hydroxylation is 1. The molecule has 0 N–H and O–H groups in total. The smallest absolute Gasteiger partial charge is 0.338 e. The van der Waals surface area contributed by atoms with Crippen molar-refractivity contribution in [2.75, 3.05) is 25.2 Å². The van der Waals surface area contributed by atoms with Crippen LogP contribution in [-0.4, -0.2) is 62.5 Å². The van der Waals surface area contributed by atoms with Crippen molar-refractivity contribution in [2.45, 2.75) is 45.7 Å².